The van der Waals surface area contributed by atoms with Gasteiger partial charge in [0.05, 0.1) is 30.0 Å². The van der Waals surface area contributed by atoms with Crippen LogP contribution in [0.4, 0.5) is 13.6 Å². The van der Waals surface area contributed by atoms with Gasteiger partial charge in [-0.25, -0.2) is 18.6 Å². The number of aromatic nitrogens is 4. The first-order valence-electron chi connectivity index (χ1n) is 16.2. The Bertz CT molecular complexity index is 2030. The first-order valence-corrected chi connectivity index (χ1v) is 16.2. The number of benzene rings is 1. The van der Waals surface area contributed by atoms with Gasteiger partial charge in [-0.05, 0) is 70.0 Å². The topological polar surface area (TPSA) is 101 Å². The highest BCUT2D eigenvalue weighted by molar-refractivity contribution is 6.08. The van der Waals surface area contributed by atoms with Gasteiger partial charge in [-0.3, -0.25) is 14.8 Å². The molecule has 4 aliphatic heterocycles. The summed E-state index contributed by atoms with van der Waals surface area (Å²) in [6, 6.07) is 7.07. The lowest BCUT2D eigenvalue weighted by atomic mass is 9.79. The van der Waals surface area contributed by atoms with Crippen molar-refractivity contribution in [3.63, 3.8) is 0 Å². The number of H-pyrrole nitrogens is 1. The number of amides is 1. The summed E-state index contributed by atoms with van der Waals surface area (Å²) in [6.45, 7) is 5.18. The van der Waals surface area contributed by atoms with Gasteiger partial charge in [-0.2, -0.15) is 0 Å². The molecule has 4 saturated heterocycles. The van der Waals surface area contributed by atoms with Crippen molar-refractivity contribution < 1.29 is 23.0 Å². The molecule has 1 aliphatic carbocycles. The van der Waals surface area contributed by atoms with Crippen LogP contribution < -0.4 is 10.1 Å². The molecule has 1 saturated carbocycles. The minimum absolute atomic E-state index is 0.0919. The predicted octanol–water partition coefficient (Wildman–Crippen LogP) is 5.36. The molecule has 4 aromatic heterocycles. The van der Waals surface area contributed by atoms with E-state index in [9.17, 15) is 9.18 Å². The Morgan fingerprint density at radius 3 is 2.80 bits per heavy atom. The van der Waals surface area contributed by atoms with Crippen LogP contribution in [0.3, 0.4) is 0 Å². The van der Waals surface area contributed by atoms with Crippen LogP contribution in [0.5, 0.6) is 5.88 Å². The molecule has 8 heterocycles. The Morgan fingerprint density at radius 1 is 1.17 bits per heavy atom. The fourth-order valence-corrected chi connectivity index (χ4v) is 8.35. The second kappa shape index (κ2) is 10.4. The van der Waals surface area contributed by atoms with Gasteiger partial charge >= 0.3 is 6.09 Å². The number of likely N-dealkylation sites (N-methyl/N-ethyl adjacent to an activating group) is 1. The average Bonchev–Trinajstić information content (AvgIpc) is 3.88. The predicted molar refractivity (Wildman–Crippen MR) is 169 cm³/mol. The largest absolute Gasteiger partial charge is 0.472 e. The maximum Gasteiger partial charge on any atom is 0.410 e. The zero-order valence-corrected chi connectivity index (χ0v) is 25.7. The monoisotopic (exact) mass is 627 g/mol. The Balaban J connectivity index is 1.27. The van der Waals surface area contributed by atoms with Gasteiger partial charge in [0, 0.05) is 58.6 Å². The summed E-state index contributed by atoms with van der Waals surface area (Å²) in [4.78, 5) is 29.2. The third-order valence-corrected chi connectivity index (χ3v) is 10.7. The van der Waals surface area contributed by atoms with Crippen LogP contribution in [0.2, 0.25) is 0 Å². The summed E-state index contributed by atoms with van der Waals surface area (Å²) in [7, 11) is 2.10. The van der Waals surface area contributed by atoms with Gasteiger partial charge in [0.2, 0.25) is 5.88 Å². The number of carbonyl (C=O) groups is 1. The van der Waals surface area contributed by atoms with Crippen molar-refractivity contribution in [1.29, 1.82) is 0 Å². The third-order valence-electron chi connectivity index (χ3n) is 10.7. The van der Waals surface area contributed by atoms with E-state index in [-0.39, 0.29) is 41.5 Å². The van der Waals surface area contributed by atoms with Crippen molar-refractivity contribution in [3.05, 3.63) is 54.0 Å². The molecular weight excluding hydrogens is 592 g/mol. The van der Waals surface area contributed by atoms with Crippen molar-refractivity contribution in [2.45, 2.75) is 57.0 Å². The molecule has 5 aliphatic rings. The number of cyclic esters (lactones) is 1. The summed E-state index contributed by atoms with van der Waals surface area (Å²) in [5.74, 6) is -0.222. The smallest absolute Gasteiger partial charge is 0.410 e. The Morgan fingerprint density at radius 2 is 2.07 bits per heavy atom. The molecule has 12 heteroatoms. The van der Waals surface area contributed by atoms with Crippen LogP contribution in [0.15, 0.2) is 36.7 Å². The maximum absolute atomic E-state index is 16.9. The normalized spacial score (nSPS) is 25.2. The molecule has 2 N–H and O–H groups in total. The Kier molecular flexibility index (Phi) is 6.30. The minimum Gasteiger partial charge on any atom is -0.472 e. The zero-order chi connectivity index (χ0) is 31.3. The van der Waals surface area contributed by atoms with Crippen LogP contribution in [0, 0.1) is 17.6 Å². The van der Waals surface area contributed by atoms with Crippen LogP contribution >= 0.6 is 0 Å². The molecule has 46 heavy (non-hydrogen) atoms. The first-order chi connectivity index (χ1) is 22.4. The van der Waals surface area contributed by atoms with E-state index in [0.29, 0.717) is 53.3 Å². The highest BCUT2D eigenvalue weighted by Crippen LogP contribution is 2.49. The number of carbonyl (C=O) groups excluding carboxylic acids is 1. The number of hydrogen-bond donors (Lipinski definition) is 2. The zero-order valence-electron chi connectivity index (χ0n) is 25.7. The van der Waals surface area contributed by atoms with Gasteiger partial charge in [0.25, 0.3) is 0 Å². The van der Waals surface area contributed by atoms with Crippen molar-refractivity contribution >= 4 is 38.8 Å². The van der Waals surface area contributed by atoms with E-state index in [4.69, 9.17) is 14.5 Å². The molecule has 10 rings (SSSR count). The van der Waals surface area contributed by atoms with E-state index in [1.807, 2.05) is 6.92 Å². The molecule has 5 atom stereocenters. The second-order valence-corrected chi connectivity index (χ2v) is 13.3. The number of hydrogen-bond acceptors (Lipinski definition) is 7. The highest BCUT2D eigenvalue weighted by atomic mass is 19.1. The van der Waals surface area contributed by atoms with E-state index < -0.39 is 11.6 Å². The fraction of sp³-hybridized carbons (Fsp3) is 0.441. The number of halogens is 2. The fourth-order valence-electron chi connectivity index (χ4n) is 8.35. The SMILES string of the molecule is C[C@H](Oc1nc2c(F)c(-c3c[nH]c4ccc(F)cc34)ncc2c2c1cc(CN1CCOC1=O)n2C1C2CNC1C2)[C@@H]1CCCN1C. The molecule has 3 unspecified atom stereocenters. The van der Waals surface area contributed by atoms with E-state index in [1.165, 1.54) is 12.1 Å². The maximum atomic E-state index is 16.9. The lowest BCUT2D eigenvalue weighted by molar-refractivity contribution is 0.119. The van der Waals surface area contributed by atoms with Crippen molar-refractivity contribution in [2.24, 2.45) is 5.92 Å². The molecule has 5 fully saturated rings. The third kappa shape index (κ3) is 4.15. The molecule has 2 bridgehead atoms. The standard InChI is InChI=1S/C34H35F2N7O3/c1-17(27-4-3-7-41(27)2)46-33-22-12-20(16-42-8-9-45-34(42)44)43(31-18-10-26(31)37-13-18)32(22)24-15-39-29(28(36)30(24)40-33)23-14-38-25-6-5-19(35)11-21(23)25/h5-6,11-12,14-15,17-18,26-27,31,37-38H,3-4,7-10,13,16H2,1-2H3/t17-,18?,26?,27-,31?/m0/s1. The lowest BCUT2D eigenvalue weighted by Gasteiger charge is -2.38. The molecule has 0 spiro atoms. The Labute approximate surface area is 263 Å². The summed E-state index contributed by atoms with van der Waals surface area (Å²) < 4.78 is 45.4. The molecule has 238 valence electrons. The molecular formula is C34H35F2N7O3. The second-order valence-electron chi connectivity index (χ2n) is 13.3. The van der Waals surface area contributed by atoms with E-state index in [1.54, 1.807) is 23.4 Å². The lowest BCUT2D eigenvalue weighted by Crippen LogP contribution is -2.40. The first kappa shape index (κ1) is 28.0. The average molecular weight is 628 g/mol. The molecule has 5 aromatic rings. The number of ether oxygens (including phenoxy) is 2. The van der Waals surface area contributed by atoms with Crippen LogP contribution in [0.25, 0.3) is 44.0 Å². The van der Waals surface area contributed by atoms with Gasteiger partial charge in [-0.15, -0.1) is 0 Å². The van der Waals surface area contributed by atoms with E-state index in [0.717, 1.165) is 48.9 Å². The Hall–Kier alpha value is -4.29. The summed E-state index contributed by atoms with van der Waals surface area (Å²) in [5, 5.41) is 5.51. The van der Waals surface area contributed by atoms with Crippen LogP contribution in [0.1, 0.15) is 37.9 Å². The number of fused-ring (bicyclic) bond motifs is 5. The molecule has 1 amide bonds. The van der Waals surface area contributed by atoms with Crippen LogP contribution in [-0.2, 0) is 11.3 Å². The number of rotatable bonds is 7. The highest BCUT2D eigenvalue weighted by Gasteiger charge is 2.49. The van der Waals surface area contributed by atoms with E-state index in [2.05, 4.69) is 37.9 Å². The molecule has 1 aromatic carbocycles. The quantitative estimate of drug-likeness (QED) is 0.251. The number of nitrogens with one attached hydrogen (secondary N) is 2. The summed E-state index contributed by atoms with van der Waals surface area (Å²) in [6.07, 6.45) is 5.98. The summed E-state index contributed by atoms with van der Waals surface area (Å²) >= 11 is 0. The minimum atomic E-state index is -0.591. The van der Waals surface area contributed by atoms with Crippen molar-refractivity contribution in [2.75, 3.05) is 33.3 Å². The van der Waals surface area contributed by atoms with Crippen molar-refractivity contribution in [1.82, 2.24) is 34.6 Å². The molecule has 10 nitrogen and oxygen atoms in total. The summed E-state index contributed by atoms with van der Waals surface area (Å²) in [5.41, 5.74) is 3.13. The van der Waals surface area contributed by atoms with Crippen LogP contribution in [-0.4, -0.2) is 86.9 Å². The van der Waals surface area contributed by atoms with E-state index >= 15 is 4.39 Å². The number of nitrogens with zero attached hydrogens (tertiary/aromatic N) is 5. The van der Waals surface area contributed by atoms with Gasteiger partial charge in [0.15, 0.2) is 5.82 Å². The van der Waals surface area contributed by atoms with Crippen molar-refractivity contribution in [3.8, 4) is 17.1 Å². The number of likely N-dealkylation sites (tertiary alicyclic amines) is 1. The molecule has 0 radical (unpaired) electrons. The number of aromatic amines is 1. The van der Waals surface area contributed by atoms with Gasteiger partial charge in [0.1, 0.15) is 29.7 Å². The number of pyridine rings is 2. The van der Waals surface area contributed by atoms with Gasteiger partial charge in [-0.1, -0.05) is 0 Å². The van der Waals surface area contributed by atoms with Gasteiger partial charge < -0.3 is 24.3 Å².